The van der Waals surface area contributed by atoms with Gasteiger partial charge in [0, 0.05) is 5.92 Å². The van der Waals surface area contributed by atoms with Crippen LogP contribution >= 0.6 is 0 Å². The zero-order chi connectivity index (χ0) is 24.4. The van der Waals surface area contributed by atoms with Gasteiger partial charge in [0.15, 0.2) is 0 Å². The van der Waals surface area contributed by atoms with E-state index in [-0.39, 0.29) is 5.92 Å². The molecule has 7 atom stereocenters. The van der Waals surface area contributed by atoms with Gasteiger partial charge in [0.05, 0.1) is 17.8 Å². The number of aliphatic hydroxyl groups is 3. The normalized spacial score (nSPS) is 38.7. The molecular formula is C30H50O3. The molecule has 0 spiro atoms. The standard InChI is InChI=1S/C30H50O3/c1-7-10-24-27(31)19-23(21(3)28(24)32)14-13-22-12-9-18-30(6)25(15-16-26(22)30)20(2)11-8-17-29(4,5)33/h13-14,20,24-28,31-33H,3,7-12,15-19H2,1-2,4-6H3/b22-13+,23-14-/t20-,24-,25+,26-,27+,28+,30+/m0/s1. The lowest BCUT2D eigenvalue weighted by Crippen LogP contribution is -2.38. The average Bonchev–Trinajstić information content (AvgIpc) is 3.09. The molecule has 33 heavy (non-hydrogen) atoms. The Kier molecular flexibility index (Phi) is 8.73. The second kappa shape index (κ2) is 10.8. The van der Waals surface area contributed by atoms with Crippen molar-refractivity contribution in [2.24, 2.45) is 29.1 Å². The fraction of sp³-hybridized carbons (Fsp3) is 0.800. The van der Waals surface area contributed by atoms with Gasteiger partial charge in [0.25, 0.3) is 0 Å². The van der Waals surface area contributed by atoms with Crippen molar-refractivity contribution in [3.05, 3.63) is 35.5 Å². The summed E-state index contributed by atoms with van der Waals surface area (Å²) < 4.78 is 0. The van der Waals surface area contributed by atoms with E-state index in [0.29, 0.717) is 23.7 Å². The van der Waals surface area contributed by atoms with Crippen molar-refractivity contribution in [3.63, 3.8) is 0 Å². The first-order chi connectivity index (χ1) is 15.5. The van der Waals surface area contributed by atoms with Gasteiger partial charge in [-0.15, -0.1) is 0 Å². The van der Waals surface area contributed by atoms with Gasteiger partial charge in [-0.2, -0.15) is 0 Å². The number of aliphatic hydroxyl groups excluding tert-OH is 2. The highest BCUT2D eigenvalue weighted by Gasteiger charge is 2.50. The summed E-state index contributed by atoms with van der Waals surface area (Å²) in [5.74, 6) is 2.01. The van der Waals surface area contributed by atoms with Crippen molar-refractivity contribution in [2.45, 2.75) is 123 Å². The summed E-state index contributed by atoms with van der Waals surface area (Å²) in [4.78, 5) is 0. The van der Waals surface area contributed by atoms with Crippen LogP contribution < -0.4 is 0 Å². The quantitative estimate of drug-likeness (QED) is 0.378. The molecule has 0 aromatic heterocycles. The van der Waals surface area contributed by atoms with Crippen LogP contribution in [0.25, 0.3) is 0 Å². The van der Waals surface area contributed by atoms with Crippen LogP contribution in [0.15, 0.2) is 35.5 Å². The molecule has 0 bridgehead atoms. The van der Waals surface area contributed by atoms with Crippen molar-refractivity contribution in [1.29, 1.82) is 0 Å². The van der Waals surface area contributed by atoms with Crippen LogP contribution in [0, 0.1) is 29.1 Å². The monoisotopic (exact) mass is 458 g/mol. The van der Waals surface area contributed by atoms with E-state index in [1.165, 1.54) is 38.5 Å². The number of hydrogen-bond acceptors (Lipinski definition) is 3. The lowest BCUT2D eigenvalue weighted by Gasteiger charge is -2.44. The van der Waals surface area contributed by atoms with Crippen LogP contribution in [0.3, 0.4) is 0 Å². The Labute approximate surface area is 203 Å². The van der Waals surface area contributed by atoms with Gasteiger partial charge in [-0.3, -0.25) is 0 Å². The summed E-state index contributed by atoms with van der Waals surface area (Å²) in [6.07, 6.45) is 15.3. The molecule has 0 radical (unpaired) electrons. The summed E-state index contributed by atoms with van der Waals surface area (Å²) in [6.45, 7) is 15.1. The van der Waals surface area contributed by atoms with E-state index in [1.807, 2.05) is 13.8 Å². The molecule has 0 saturated heterocycles. The summed E-state index contributed by atoms with van der Waals surface area (Å²) in [7, 11) is 0. The number of allylic oxidation sites excluding steroid dienone is 3. The van der Waals surface area contributed by atoms with Gasteiger partial charge in [0.1, 0.15) is 0 Å². The van der Waals surface area contributed by atoms with Gasteiger partial charge in [-0.25, -0.2) is 0 Å². The van der Waals surface area contributed by atoms with Gasteiger partial charge in [0.2, 0.25) is 0 Å². The van der Waals surface area contributed by atoms with Crippen LogP contribution in [0.2, 0.25) is 0 Å². The van der Waals surface area contributed by atoms with E-state index in [9.17, 15) is 15.3 Å². The molecule has 0 aliphatic heterocycles. The minimum absolute atomic E-state index is 0.0845. The summed E-state index contributed by atoms with van der Waals surface area (Å²) in [5, 5.41) is 31.4. The second-order valence-electron chi connectivity index (χ2n) is 12.4. The molecule has 3 fully saturated rings. The predicted octanol–water partition coefficient (Wildman–Crippen LogP) is 6.73. The highest BCUT2D eigenvalue weighted by molar-refractivity contribution is 5.39. The highest BCUT2D eigenvalue weighted by atomic mass is 16.3. The first kappa shape index (κ1) is 26.7. The van der Waals surface area contributed by atoms with Gasteiger partial charge < -0.3 is 15.3 Å². The summed E-state index contributed by atoms with van der Waals surface area (Å²) in [5.41, 5.74) is 3.20. The Morgan fingerprint density at radius 1 is 1.21 bits per heavy atom. The Balaban J connectivity index is 1.70. The molecule has 0 heterocycles. The zero-order valence-electron chi connectivity index (χ0n) is 21.9. The molecule has 0 unspecified atom stereocenters. The molecule has 3 aliphatic carbocycles. The molecule has 188 valence electrons. The molecule has 3 aliphatic rings. The van der Waals surface area contributed by atoms with Crippen LogP contribution in [0.4, 0.5) is 0 Å². The van der Waals surface area contributed by atoms with Crippen LogP contribution in [-0.4, -0.2) is 33.1 Å². The first-order valence-electron chi connectivity index (χ1n) is 13.6. The molecular weight excluding hydrogens is 408 g/mol. The second-order valence-corrected chi connectivity index (χ2v) is 12.4. The third kappa shape index (κ3) is 6.03. The van der Waals surface area contributed by atoms with Gasteiger partial charge in [-0.05, 0) is 99.5 Å². The number of rotatable bonds is 8. The molecule has 3 heteroatoms. The number of hydrogen-bond donors (Lipinski definition) is 3. The summed E-state index contributed by atoms with van der Waals surface area (Å²) >= 11 is 0. The van der Waals surface area contributed by atoms with E-state index in [4.69, 9.17) is 0 Å². The maximum absolute atomic E-state index is 10.7. The Bertz CT molecular complexity index is 742. The van der Waals surface area contributed by atoms with Crippen molar-refractivity contribution < 1.29 is 15.3 Å². The van der Waals surface area contributed by atoms with Crippen LogP contribution in [-0.2, 0) is 0 Å². The van der Waals surface area contributed by atoms with E-state index in [2.05, 4.69) is 39.5 Å². The molecule has 0 amide bonds. The van der Waals surface area contributed by atoms with Gasteiger partial charge >= 0.3 is 0 Å². The first-order valence-corrected chi connectivity index (χ1v) is 13.6. The third-order valence-electron chi connectivity index (χ3n) is 9.39. The smallest absolute Gasteiger partial charge is 0.0839 e. The fourth-order valence-electron chi connectivity index (χ4n) is 7.50. The molecule has 3 rings (SSSR count). The molecule has 3 nitrogen and oxygen atoms in total. The zero-order valence-corrected chi connectivity index (χ0v) is 21.9. The molecule has 0 aromatic rings. The lowest BCUT2D eigenvalue weighted by atomic mass is 9.60. The largest absolute Gasteiger partial charge is 0.392 e. The van der Waals surface area contributed by atoms with Crippen molar-refractivity contribution in [2.75, 3.05) is 0 Å². The van der Waals surface area contributed by atoms with E-state index < -0.39 is 17.8 Å². The minimum Gasteiger partial charge on any atom is -0.392 e. The van der Waals surface area contributed by atoms with Crippen LogP contribution in [0.1, 0.15) is 105 Å². The SMILES string of the molecule is C=C1/C(=C\C=C2/CCC[C@]3(C)[C@@H]([C@@H](C)CCCC(C)(C)O)CC[C@@H]23)C[C@@H](O)[C@H](CCC)[C@@H]1O. The Morgan fingerprint density at radius 3 is 2.61 bits per heavy atom. The molecule has 3 N–H and O–H groups in total. The highest BCUT2D eigenvalue weighted by Crippen LogP contribution is 2.60. The van der Waals surface area contributed by atoms with E-state index in [0.717, 1.165) is 42.7 Å². The summed E-state index contributed by atoms with van der Waals surface area (Å²) in [6, 6.07) is 0. The van der Waals surface area contributed by atoms with E-state index in [1.54, 1.807) is 5.57 Å². The predicted molar refractivity (Wildman–Crippen MR) is 138 cm³/mol. The third-order valence-corrected chi connectivity index (χ3v) is 9.39. The van der Waals surface area contributed by atoms with Gasteiger partial charge in [-0.1, -0.05) is 64.3 Å². The van der Waals surface area contributed by atoms with Crippen molar-refractivity contribution in [1.82, 2.24) is 0 Å². The topological polar surface area (TPSA) is 60.7 Å². The minimum atomic E-state index is -0.629. The van der Waals surface area contributed by atoms with Crippen LogP contribution in [0.5, 0.6) is 0 Å². The van der Waals surface area contributed by atoms with Crippen molar-refractivity contribution >= 4 is 0 Å². The van der Waals surface area contributed by atoms with Crippen molar-refractivity contribution in [3.8, 4) is 0 Å². The maximum Gasteiger partial charge on any atom is 0.0839 e. The lowest BCUT2D eigenvalue weighted by molar-refractivity contribution is 0.0138. The average molecular weight is 459 g/mol. The Hall–Kier alpha value is -0.900. The Morgan fingerprint density at radius 2 is 1.94 bits per heavy atom. The fourth-order valence-corrected chi connectivity index (χ4v) is 7.50. The van der Waals surface area contributed by atoms with E-state index >= 15 is 0 Å². The maximum atomic E-state index is 10.7. The number of fused-ring (bicyclic) bond motifs is 1. The molecule has 3 saturated carbocycles. The molecule has 0 aromatic carbocycles.